The molecule has 1 atom stereocenters. The Morgan fingerprint density at radius 3 is 2.85 bits per heavy atom. The number of oxazole rings is 1. The molecule has 0 spiro atoms. The molecule has 2 aliphatic rings. The van der Waals surface area contributed by atoms with Crippen molar-refractivity contribution in [1.82, 2.24) is 20.1 Å². The number of aromatic nitrogens is 1. The van der Waals surface area contributed by atoms with Gasteiger partial charge in [-0.2, -0.15) is 0 Å². The molecule has 1 N–H and O–H groups in total. The van der Waals surface area contributed by atoms with Gasteiger partial charge in [0.1, 0.15) is 5.52 Å². The van der Waals surface area contributed by atoms with E-state index in [2.05, 4.69) is 10.3 Å². The predicted molar refractivity (Wildman–Crippen MR) is 100 cm³/mol. The number of amides is 2. The number of carbonyl (C=O) groups is 2. The maximum atomic E-state index is 12.9. The molecule has 2 fully saturated rings. The number of nitrogens with one attached hydrogen (secondary N) is 1. The minimum atomic E-state index is -0.0833. The zero-order valence-electron chi connectivity index (χ0n) is 14.7. The van der Waals surface area contributed by atoms with E-state index < -0.39 is 0 Å². The molecular formula is C18H22N4O3S. The number of nitrogens with zero attached hydrogens (tertiary/aromatic N) is 3. The summed E-state index contributed by atoms with van der Waals surface area (Å²) >= 11 is 1.75. The minimum absolute atomic E-state index is 0.0172. The summed E-state index contributed by atoms with van der Waals surface area (Å²) in [4.78, 5) is 33.5. The molecule has 8 heteroatoms. The predicted octanol–water partition coefficient (Wildman–Crippen LogP) is 1.47. The number of benzene rings is 1. The average molecular weight is 374 g/mol. The largest absolute Gasteiger partial charge is 0.441 e. The minimum Gasteiger partial charge on any atom is -0.441 e. The van der Waals surface area contributed by atoms with Crippen molar-refractivity contribution in [3.05, 3.63) is 29.7 Å². The van der Waals surface area contributed by atoms with Crippen LogP contribution in [0.25, 0.3) is 11.1 Å². The summed E-state index contributed by atoms with van der Waals surface area (Å²) in [7, 11) is 0. The van der Waals surface area contributed by atoms with E-state index in [1.807, 2.05) is 9.80 Å². The van der Waals surface area contributed by atoms with Crippen LogP contribution in [0.2, 0.25) is 0 Å². The van der Waals surface area contributed by atoms with Crippen molar-refractivity contribution in [1.29, 1.82) is 0 Å². The highest BCUT2D eigenvalue weighted by Gasteiger charge is 2.29. The summed E-state index contributed by atoms with van der Waals surface area (Å²) in [6.07, 6.45) is 0.794. The first-order valence-corrected chi connectivity index (χ1v) is 10.0. The van der Waals surface area contributed by atoms with E-state index in [0.717, 1.165) is 18.1 Å². The fourth-order valence-electron chi connectivity index (χ4n) is 3.47. The molecule has 138 valence electrons. The van der Waals surface area contributed by atoms with Gasteiger partial charge < -0.3 is 14.2 Å². The summed E-state index contributed by atoms with van der Waals surface area (Å²) in [6, 6.07) is 5.27. The van der Waals surface area contributed by atoms with Crippen LogP contribution in [0, 0.1) is 6.92 Å². The van der Waals surface area contributed by atoms with Crippen LogP contribution in [0.3, 0.4) is 0 Å². The van der Waals surface area contributed by atoms with Crippen molar-refractivity contribution >= 4 is 34.7 Å². The molecule has 2 amide bonds. The van der Waals surface area contributed by atoms with Crippen LogP contribution in [0.5, 0.6) is 0 Å². The number of aryl methyl sites for hydroxylation is 1. The fourth-order valence-corrected chi connectivity index (χ4v) is 4.41. The quantitative estimate of drug-likeness (QED) is 0.858. The molecule has 2 aliphatic heterocycles. The Bertz CT molecular complexity index is 831. The van der Waals surface area contributed by atoms with E-state index >= 15 is 0 Å². The second-order valence-electron chi connectivity index (χ2n) is 6.66. The van der Waals surface area contributed by atoms with Gasteiger partial charge in [0.05, 0.1) is 6.04 Å². The molecule has 2 saturated heterocycles. The molecule has 1 aromatic heterocycles. The van der Waals surface area contributed by atoms with Crippen LogP contribution in [0.1, 0.15) is 22.7 Å². The molecule has 26 heavy (non-hydrogen) atoms. The van der Waals surface area contributed by atoms with Gasteiger partial charge in [-0.3, -0.25) is 14.9 Å². The fraction of sp³-hybridized carbons (Fsp3) is 0.500. The first-order valence-electron chi connectivity index (χ1n) is 8.88. The number of thioether (sulfide) groups is 1. The Kier molecular flexibility index (Phi) is 4.86. The van der Waals surface area contributed by atoms with E-state index in [0.29, 0.717) is 48.7 Å². The van der Waals surface area contributed by atoms with Gasteiger partial charge in [0.2, 0.25) is 5.91 Å². The Balaban J connectivity index is 1.44. The van der Waals surface area contributed by atoms with Crippen molar-refractivity contribution in [2.24, 2.45) is 0 Å². The van der Waals surface area contributed by atoms with E-state index in [1.165, 1.54) is 0 Å². The molecule has 7 nitrogen and oxygen atoms in total. The SMILES string of the molecule is Cc1nc2cc(C(=O)N3CCCN(C(=O)C4CSCN4)CC3)ccc2o1. The monoisotopic (exact) mass is 374 g/mol. The van der Waals surface area contributed by atoms with Crippen LogP contribution >= 0.6 is 11.8 Å². The number of rotatable bonds is 2. The van der Waals surface area contributed by atoms with Gasteiger partial charge in [-0.1, -0.05) is 0 Å². The van der Waals surface area contributed by atoms with Gasteiger partial charge in [-0.05, 0) is 24.6 Å². The average Bonchev–Trinajstić information content (AvgIpc) is 3.23. The highest BCUT2D eigenvalue weighted by molar-refractivity contribution is 7.99. The first kappa shape index (κ1) is 17.4. The molecule has 4 rings (SSSR count). The third-order valence-corrected chi connectivity index (χ3v) is 5.79. The number of carbonyl (C=O) groups excluding carboxylic acids is 2. The summed E-state index contributed by atoms with van der Waals surface area (Å²) in [5.74, 6) is 2.39. The lowest BCUT2D eigenvalue weighted by molar-refractivity contribution is -0.132. The normalized spacial score (nSPS) is 21.2. The maximum Gasteiger partial charge on any atom is 0.253 e. The third-order valence-electron chi connectivity index (χ3n) is 4.85. The summed E-state index contributed by atoms with van der Waals surface area (Å²) < 4.78 is 5.47. The van der Waals surface area contributed by atoms with Crippen molar-refractivity contribution < 1.29 is 14.0 Å². The Hall–Kier alpha value is -2.06. The number of hydrogen-bond acceptors (Lipinski definition) is 6. The topological polar surface area (TPSA) is 78.7 Å². The molecular weight excluding hydrogens is 352 g/mol. The van der Waals surface area contributed by atoms with Crippen LogP contribution < -0.4 is 5.32 Å². The van der Waals surface area contributed by atoms with E-state index in [-0.39, 0.29) is 17.9 Å². The number of fused-ring (bicyclic) bond motifs is 1. The van der Waals surface area contributed by atoms with Crippen LogP contribution in [-0.2, 0) is 4.79 Å². The standard InChI is InChI=1S/C18H22N4O3S/c1-12-20-14-9-13(3-4-16(14)25-12)17(23)21-5-2-6-22(8-7-21)18(24)15-10-26-11-19-15/h3-4,9,15,19H,2,5-8,10-11H2,1H3. The molecule has 0 bridgehead atoms. The van der Waals surface area contributed by atoms with Gasteiger partial charge in [-0.15, -0.1) is 11.8 Å². The second kappa shape index (κ2) is 7.28. The van der Waals surface area contributed by atoms with Crippen molar-refractivity contribution in [2.45, 2.75) is 19.4 Å². The smallest absolute Gasteiger partial charge is 0.253 e. The Morgan fingerprint density at radius 2 is 2.04 bits per heavy atom. The van der Waals surface area contributed by atoms with E-state index in [1.54, 1.807) is 36.9 Å². The maximum absolute atomic E-state index is 12.9. The Labute approximate surface area is 156 Å². The lowest BCUT2D eigenvalue weighted by Crippen LogP contribution is -2.46. The highest BCUT2D eigenvalue weighted by Crippen LogP contribution is 2.19. The zero-order valence-corrected chi connectivity index (χ0v) is 15.6. The highest BCUT2D eigenvalue weighted by atomic mass is 32.2. The van der Waals surface area contributed by atoms with Crippen molar-refractivity contribution in [3.8, 4) is 0 Å². The molecule has 1 aromatic carbocycles. The van der Waals surface area contributed by atoms with E-state index in [4.69, 9.17) is 4.42 Å². The molecule has 3 heterocycles. The lowest BCUT2D eigenvalue weighted by Gasteiger charge is -2.24. The van der Waals surface area contributed by atoms with Gasteiger partial charge in [0.15, 0.2) is 11.5 Å². The van der Waals surface area contributed by atoms with Gasteiger partial charge in [0, 0.05) is 50.3 Å². The molecule has 1 unspecified atom stereocenters. The van der Waals surface area contributed by atoms with Crippen molar-refractivity contribution in [2.75, 3.05) is 37.8 Å². The number of hydrogen-bond donors (Lipinski definition) is 1. The summed E-state index contributed by atoms with van der Waals surface area (Å²) in [6.45, 7) is 4.29. The second-order valence-corrected chi connectivity index (χ2v) is 7.69. The van der Waals surface area contributed by atoms with Crippen molar-refractivity contribution in [3.63, 3.8) is 0 Å². The first-order chi connectivity index (χ1) is 12.6. The van der Waals surface area contributed by atoms with Gasteiger partial charge in [-0.25, -0.2) is 4.98 Å². The molecule has 0 radical (unpaired) electrons. The molecule has 0 aliphatic carbocycles. The lowest BCUT2D eigenvalue weighted by atomic mass is 10.1. The summed E-state index contributed by atoms with van der Waals surface area (Å²) in [5, 5.41) is 3.23. The van der Waals surface area contributed by atoms with E-state index in [9.17, 15) is 9.59 Å². The molecule has 2 aromatic rings. The molecule has 0 saturated carbocycles. The van der Waals surface area contributed by atoms with Gasteiger partial charge >= 0.3 is 0 Å². The van der Waals surface area contributed by atoms with Crippen LogP contribution in [-0.4, -0.2) is 70.4 Å². The van der Waals surface area contributed by atoms with Crippen LogP contribution in [0.4, 0.5) is 0 Å². The summed E-state index contributed by atoms with van der Waals surface area (Å²) in [5.41, 5.74) is 2.00. The Morgan fingerprint density at radius 1 is 1.23 bits per heavy atom. The third kappa shape index (κ3) is 3.43. The van der Waals surface area contributed by atoms with Gasteiger partial charge in [0.25, 0.3) is 5.91 Å². The zero-order chi connectivity index (χ0) is 18.1. The van der Waals surface area contributed by atoms with Crippen LogP contribution in [0.15, 0.2) is 22.6 Å².